The number of piperidine rings is 1. The number of anilines is 1. The standard InChI is InChI=1S/C18H19FN4O3/c19-13-5-10-15(24)12(18(25)26)7-23(8-1-2-8)16(10)21-17(13)22-4-3-9-11(6-22)14(9)20/h5,7-9,11,14H,1-4,6,20H2,(H,25,26)/t9-,11+,14-/m1/s1. The average Bonchev–Trinajstić information content (AvgIpc) is 3.53. The molecule has 1 aliphatic heterocycles. The molecule has 0 aromatic carbocycles. The highest BCUT2D eigenvalue weighted by Gasteiger charge is 2.50. The summed E-state index contributed by atoms with van der Waals surface area (Å²) in [4.78, 5) is 30.2. The second-order valence-corrected chi connectivity index (χ2v) is 7.62. The molecule has 8 heteroatoms. The smallest absolute Gasteiger partial charge is 0.341 e. The van der Waals surface area contributed by atoms with Gasteiger partial charge in [0.1, 0.15) is 11.2 Å². The van der Waals surface area contributed by atoms with Gasteiger partial charge < -0.3 is 20.3 Å². The van der Waals surface area contributed by atoms with Gasteiger partial charge in [0.2, 0.25) is 5.43 Å². The van der Waals surface area contributed by atoms with Gasteiger partial charge in [0.15, 0.2) is 11.6 Å². The van der Waals surface area contributed by atoms with E-state index in [4.69, 9.17) is 5.73 Å². The van der Waals surface area contributed by atoms with Gasteiger partial charge in [0.25, 0.3) is 0 Å². The second kappa shape index (κ2) is 5.26. The number of halogens is 1. The zero-order valence-corrected chi connectivity index (χ0v) is 14.1. The average molecular weight is 358 g/mol. The van der Waals surface area contributed by atoms with Crippen molar-refractivity contribution >= 4 is 22.8 Å². The molecule has 136 valence electrons. The third-order valence-corrected chi connectivity index (χ3v) is 5.97. The van der Waals surface area contributed by atoms with Gasteiger partial charge in [0.05, 0.1) is 5.39 Å². The monoisotopic (exact) mass is 358 g/mol. The Labute approximate surface area is 148 Å². The van der Waals surface area contributed by atoms with Gasteiger partial charge in [-0.3, -0.25) is 4.79 Å². The number of nitrogens with zero attached hydrogens (tertiary/aromatic N) is 3. The van der Waals surface area contributed by atoms with Crippen molar-refractivity contribution in [3.05, 3.63) is 33.9 Å². The number of hydrogen-bond donors (Lipinski definition) is 2. The molecule has 7 nitrogen and oxygen atoms in total. The maximum Gasteiger partial charge on any atom is 0.341 e. The van der Waals surface area contributed by atoms with Gasteiger partial charge in [-0.1, -0.05) is 0 Å². The van der Waals surface area contributed by atoms with E-state index >= 15 is 0 Å². The molecule has 0 amide bonds. The maximum atomic E-state index is 14.8. The van der Waals surface area contributed by atoms with E-state index in [2.05, 4.69) is 4.98 Å². The van der Waals surface area contributed by atoms with Crippen molar-refractivity contribution in [2.75, 3.05) is 18.0 Å². The molecule has 3 N–H and O–H groups in total. The van der Waals surface area contributed by atoms with Crippen LogP contribution in [0.15, 0.2) is 17.1 Å². The van der Waals surface area contributed by atoms with E-state index in [9.17, 15) is 19.1 Å². The maximum absolute atomic E-state index is 14.8. The molecule has 0 bridgehead atoms. The van der Waals surface area contributed by atoms with Crippen LogP contribution >= 0.6 is 0 Å². The van der Waals surface area contributed by atoms with Crippen LogP contribution in [-0.4, -0.2) is 39.8 Å². The normalized spacial score (nSPS) is 27.5. The Morgan fingerprint density at radius 3 is 2.73 bits per heavy atom. The summed E-state index contributed by atoms with van der Waals surface area (Å²) in [6, 6.07) is 1.44. The van der Waals surface area contributed by atoms with Crippen LogP contribution in [0.1, 0.15) is 35.7 Å². The van der Waals surface area contributed by atoms with E-state index in [0.29, 0.717) is 30.6 Å². The summed E-state index contributed by atoms with van der Waals surface area (Å²) in [5.74, 6) is -0.766. The van der Waals surface area contributed by atoms with Gasteiger partial charge in [0, 0.05) is 31.4 Å². The highest BCUT2D eigenvalue weighted by molar-refractivity contribution is 5.92. The van der Waals surface area contributed by atoms with Gasteiger partial charge in [-0.15, -0.1) is 0 Å². The van der Waals surface area contributed by atoms with E-state index < -0.39 is 17.2 Å². The lowest BCUT2D eigenvalue weighted by Crippen LogP contribution is -2.33. The van der Waals surface area contributed by atoms with E-state index in [1.54, 1.807) is 4.57 Å². The molecule has 2 aromatic rings. The summed E-state index contributed by atoms with van der Waals surface area (Å²) < 4.78 is 16.5. The number of nitrogens with two attached hydrogens (primary N) is 1. The van der Waals surface area contributed by atoms with Crippen LogP contribution in [-0.2, 0) is 0 Å². The highest BCUT2D eigenvalue weighted by Crippen LogP contribution is 2.45. The van der Waals surface area contributed by atoms with Crippen molar-refractivity contribution in [3.63, 3.8) is 0 Å². The minimum absolute atomic E-state index is 0.0241. The molecule has 3 aliphatic rings. The fourth-order valence-electron chi connectivity index (χ4n) is 4.22. The second-order valence-electron chi connectivity index (χ2n) is 7.62. The first-order chi connectivity index (χ1) is 12.5. The largest absolute Gasteiger partial charge is 0.477 e. The topological polar surface area (TPSA) is 101 Å². The first-order valence-corrected chi connectivity index (χ1v) is 8.95. The van der Waals surface area contributed by atoms with Crippen LogP contribution in [0.25, 0.3) is 11.0 Å². The van der Waals surface area contributed by atoms with Crippen molar-refractivity contribution in [1.29, 1.82) is 0 Å². The molecule has 5 rings (SSSR count). The number of aromatic carboxylic acids is 1. The van der Waals surface area contributed by atoms with Crippen molar-refractivity contribution in [2.24, 2.45) is 17.6 Å². The Morgan fingerprint density at radius 1 is 1.31 bits per heavy atom. The number of aromatic nitrogens is 2. The Bertz CT molecular complexity index is 1000. The molecule has 3 heterocycles. The Balaban J connectivity index is 1.66. The van der Waals surface area contributed by atoms with Crippen LogP contribution in [0.5, 0.6) is 0 Å². The van der Waals surface area contributed by atoms with Gasteiger partial charge in [-0.05, 0) is 37.2 Å². The fraction of sp³-hybridized carbons (Fsp3) is 0.500. The van der Waals surface area contributed by atoms with E-state index in [-0.39, 0.29) is 28.9 Å². The van der Waals surface area contributed by atoms with Crippen LogP contribution < -0.4 is 16.1 Å². The SMILES string of the molecule is N[C@H]1[C@H]2CN(c3nc4c(cc3F)c(=O)c(C(=O)O)cn4C3CC3)CC[C@@H]12. The lowest BCUT2D eigenvalue weighted by molar-refractivity contribution is 0.0695. The molecule has 3 atom stereocenters. The van der Waals surface area contributed by atoms with E-state index in [1.165, 1.54) is 6.20 Å². The zero-order valence-electron chi connectivity index (χ0n) is 14.1. The Hall–Kier alpha value is -2.48. The molecule has 2 saturated carbocycles. The summed E-state index contributed by atoms with van der Waals surface area (Å²) in [6.07, 6.45) is 4.06. The van der Waals surface area contributed by atoms with Crippen molar-refractivity contribution in [3.8, 4) is 0 Å². The van der Waals surface area contributed by atoms with Gasteiger partial charge in [-0.2, -0.15) is 0 Å². The van der Waals surface area contributed by atoms with Gasteiger partial charge in [-0.25, -0.2) is 14.2 Å². The first kappa shape index (κ1) is 15.7. The van der Waals surface area contributed by atoms with Gasteiger partial charge >= 0.3 is 5.97 Å². The zero-order chi connectivity index (χ0) is 18.2. The predicted molar refractivity (Wildman–Crippen MR) is 93.0 cm³/mol. The summed E-state index contributed by atoms with van der Waals surface area (Å²) in [6.45, 7) is 1.35. The molecular weight excluding hydrogens is 339 g/mol. The summed E-state index contributed by atoms with van der Waals surface area (Å²) in [5, 5.41) is 9.31. The fourth-order valence-corrected chi connectivity index (χ4v) is 4.22. The van der Waals surface area contributed by atoms with Crippen LogP contribution in [0.3, 0.4) is 0 Å². The summed E-state index contributed by atoms with van der Waals surface area (Å²) >= 11 is 0. The lowest BCUT2D eigenvalue weighted by Gasteiger charge is -2.28. The van der Waals surface area contributed by atoms with Crippen molar-refractivity contribution in [2.45, 2.75) is 31.3 Å². The Kier molecular flexibility index (Phi) is 3.19. The number of hydrogen-bond acceptors (Lipinski definition) is 5. The summed E-state index contributed by atoms with van der Waals surface area (Å²) in [5.41, 5.74) is 5.36. The van der Waals surface area contributed by atoms with Crippen molar-refractivity contribution in [1.82, 2.24) is 9.55 Å². The molecule has 0 spiro atoms. The third kappa shape index (κ3) is 2.25. The van der Waals surface area contributed by atoms with Crippen molar-refractivity contribution < 1.29 is 14.3 Å². The highest BCUT2D eigenvalue weighted by atomic mass is 19.1. The molecule has 2 aliphatic carbocycles. The molecule has 2 aromatic heterocycles. The quantitative estimate of drug-likeness (QED) is 0.859. The lowest BCUT2D eigenvalue weighted by atomic mass is 10.1. The number of carboxylic acids is 1. The Morgan fingerprint density at radius 2 is 2.08 bits per heavy atom. The van der Waals surface area contributed by atoms with Crippen LogP contribution in [0.4, 0.5) is 10.2 Å². The minimum Gasteiger partial charge on any atom is -0.477 e. The molecule has 1 saturated heterocycles. The molecule has 0 unspecified atom stereocenters. The first-order valence-electron chi connectivity index (χ1n) is 8.95. The molecule has 26 heavy (non-hydrogen) atoms. The minimum atomic E-state index is -1.31. The van der Waals surface area contributed by atoms with E-state index in [1.807, 2.05) is 4.90 Å². The number of rotatable bonds is 3. The van der Waals surface area contributed by atoms with Crippen LogP contribution in [0.2, 0.25) is 0 Å². The molecular formula is C18H19FN4O3. The van der Waals surface area contributed by atoms with Crippen LogP contribution in [0, 0.1) is 17.7 Å². The number of pyridine rings is 2. The molecule has 3 fully saturated rings. The summed E-state index contributed by atoms with van der Waals surface area (Å²) in [7, 11) is 0. The molecule has 0 radical (unpaired) electrons. The third-order valence-electron chi connectivity index (χ3n) is 5.97. The number of fused-ring (bicyclic) bond motifs is 2. The van der Waals surface area contributed by atoms with E-state index in [0.717, 1.165) is 25.3 Å². The predicted octanol–water partition coefficient (Wildman–Crippen LogP) is 1.35. The number of carbonyl (C=O) groups is 1. The number of carboxylic acid groups (broad SMARTS) is 1.